The summed E-state index contributed by atoms with van der Waals surface area (Å²) in [5, 5.41) is 49.6. The highest BCUT2D eigenvalue weighted by Crippen LogP contribution is 2.42. The van der Waals surface area contributed by atoms with Crippen LogP contribution in [0.3, 0.4) is 0 Å². The van der Waals surface area contributed by atoms with Gasteiger partial charge in [0.1, 0.15) is 18.3 Å². The minimum atomic E-state index is -1.53. The second-order valence-electron chi connectivity index (χ2n) is 8.65. The van der Waals surface area contributed by atoms with Gasteiger partial charge in [-0.25, -0.2) is 0 Å². The molecule has 0 aliphatic carbocycles. The summed E-state index contributed by atoms with van der Waals surface area (Å²) in [6.07, 6.45) is -7.13. The van der Waals surface area contributed by atoms with Gasteiger partial charge in [-0.15, -0.1) is 0 Å². The molecule has 0 aromatic heterocycles. The maximum atomic E-state index is 10.3. The second-order valence-corrected chi connectivity index (χ2v) is 8.65. The van der Waals surface area contributed by atoms with E-state index in [-0.39, 0.29) is 24.7 Å². The smallest absolute Gasteiger partial charge is 0.189 e. The number of aliphatic hydroxyl groups excluding tert-OH is 4. The Labute approximate surface area is 208 Å². The SMILES string of the molecule is COc1cc(C2Oc3cc(CCCO)ccc3OC2COC2OC(OC)C(O)C(O)C2O)ccc1O. The lowest BCUT2D eigenvalue weighted by atomic mass is 10.0. The van der Waals surface area contributed by atoms with Crippen molar-refractivity contribution in [3.05, 3.63) is 47.5 Å². The molecule has 2 aliphatic rings. The van der Waals surface area contributed by atoms with Crippen LogP contribution in [-0.2, 0) is 20.6 Å². The number of rotatable bonds is 9. The van der Waals surface area contributed by atoms with Crippen LogP contribution in [0.5, 0.6) is 23.0 Å². The molecule has 198 valence electrons. The molecule has 0 amide bonds. The summed E-state index contributed by atoms with van der Waals surface area (Å²) in [6.45, 7) is -0.0466. The molecule has 11 heteroatoms. The summed E-state index contributed by atoms with van der Waals surface area (Å²) in [6, 6.07) is 10.3. The van der Waals surface area contributed by atoms with Gasteiger partial charge in [-0.3, -0.25) is 0 Å². The van der Waals surface area contributed by atoms with Crippen LogP contribution in [0.25, 0.3) is 0 Å². The average Bonchev–Trinajstić information content (AvgIpc) is 2.90. The molecule has 5 N–H and O–H groups in total. The van der Waals surface area contributed by atoms with E-state index in [1.165, 1.54) is 20.3 Å². The molecule has 0 bridgehead atoms. The van der Waals surface area contributed by atoms with E-state index in [2.05, 4.69) is 0 Å². The fraction of sp³-hybridized carbons (Fsp3) is 0.520. The zero-order valence-electron chi connectivity index (χ0n) is 20.0. The average molecular weight is 509 g/mol. The Kier molecular flexibility index (Phi) is 8.52. The fourth-order valence-electron chi connectivity index (χ4n) is 4.23. The van der Waals surface area contributed by atoms with Crippen LogP contribution in [-0.4, -0.2) is 90.0 Å². The first-order valence-corrected chi connectivity index (χ1v) is 11.6. The van der Waals surface area contributed by atoms with Crippen LogP contribution >= 0.6 is 0 Å². The number of aromatic hydroxyl groups is 1. The molecule has 2 aromatic carbocycles. The minimum Gasteiger partial charge on any atom is -0.504 e. The van der Waals surface area contributed by atoms with Crippen LogP contribution in [0.4, 0.5) is 0 Å². The number of hydrogen-bond acceptors (Lipinski definition) is 11. The van der Waals surface area contributed by atoms with Gasteiger partial charge in [0.2, 0.25) is 0 Å². The second kappa shape index (κ2) is 11.6. The molecular weight excluding hydrogens is 476 g/mol. The van der Waals surface area contributed by atoms with Gasteiger partial charge in [-0.05, 0) is 42.7 Å². The Morgan fingerprint density at radius 1 is 0.889 bits per heavy atom. The molecule has 7 atom stereocenters. The van der Waals surface area contributed by atoms with Crippen molar-refractivity contribution in [2.75, 3.05) is 27.4 Å². The fourth-order valence-corrected chi connectivity index (χ4v) is 4.23. The number of phenolic OH excluding ortho intramolecular Hbond substituents is 1. The van der Waals surface area contributed by atoms with Crippen molar-refractivity contribution in [1.82, 2.24) is 0 Å². The van der Waals surface area contributed by atoms with Crippen molar-refractivity contribution in [3.8, 4) is 23.0 Å². The number of aliphatic hydroxyl groups is 4. The molecule has 0 saturated carbocycles. The van der Waals surface area contributed by atoms with Crippen molar-refractivity contribution >= 4 is 0 Å². The predicted octanol–water partition coefficient (Wildman–Crippen LogP) is 0.635. The van der Waals surface area contributed by atoms with E-state index in [0.29, 0.717) is 29.9 Å². The zero-order chi connectivity index (χ0) is 25.8. The van der Waals surface area contributed by atoms with Crippen molar-refractivity contribution in [2.45, 2.75) is 55.9 Å². The summed E-state index contributed by atoms with van der Waals surface area (Å²) < 4.78 is 34.0. The molecule has 36 heavy (non-hydrogen) atoms. The van der Waals surface area contributed by atoms with E-state index in [1.54, 1.807) is 18.2 Å². The molecule has 4 rings (SSSR count). The monoisotopic (exact) mass is 508 g/mol. The van der Waals surface area contributed by atoms with Crippen molar-refractivity contribution in [2.24, 2.45) is 0 Å². The quantitative estimate of drug-likeness (QED) is 0.324. The third kappa shape index (κ3) is 5.52. The highest BCUT2D eigenvalue weighted by molar-refractivity contribution is 5.47. The first-order chi connectivity index (χ1) is 17.4. The summed E-state index contributed by atoms with van der Waals surface area (Å²) in [5.41, 5.74) is 1.61. The highest BCUT2D eigenvalue weighted by atomic mass is 16.8. The molecular formula is C25H32O11. The van der Waals surface area contributed by atoms with Gasteiger partial charge in [0, 0.05) is 19.3 Å². The summed E-state index contributed by atoms with van der Waals surface area (Å²) >= 11 is 0. The van der Waals surface area contributed by atoms with Crippen LogP contribution < -0.4 is 14.2 Å². The Balaban J connectivity index is 1.58. The van der Waals surface area contributed by atoms with E-state index in [1.807, 2.05) is 12.1 Å². The largest absolute Gasteiger partial charge is 0.504 e. The van der Waals surface area contributed by atoms with E-state index in [9.17, 15) is 20.4 Å². The summed E-state index contributed by atoms with van der Waals surface area (Å²) in [4.78, 5) is 0. The molecule has 0 radical (unpaired) electrons. The van der Waals surface area contributed by atoms with E-state index >= 15 is 0 Å². The van der Waals surface area contributed by atoms with Gasteiger partial charge < -0.3 is 54.0 Å². The van der Waals surface area contributed by atoms with Crippen LogP contribution in [0.15, 0.2) is 36.4 Å². The first kappa shape index (κ1) is 26.4. The van der Waals surface area contributed by atoms with Crippen LogP contribution in [0.1, 0.15) is 23.7 Å². The molecule has 2 aliphatic heterocycles. The van der Waals surface area contributed by atoms with Gasteiger partial charge in [0.15, 0.2) is 47.8 Å². The lowest BCUT2D eigenvalue weighted by Crippen LogP contribution is -2.59. The lowest BCUT2D eigenvalue weighted by molar-refractivity contribution is -0.348. The summed E-state index contributed by atoms with van der Waals surface area (Å²) in [5.74, 6) is 1.21. The highest BCUT2D eigenvalue weighted by Gasteiger charge is 2.45. The molecule has 7 unspecified atom stereocenters. The molecule has 1 fully saturated rings. The van der Waals surface area contributed by atoms with Crippen molar-refractivity contribution in [1.29, 1.82) is 0 Å². The Morgan fingerprint density at radius 3 is 2.39 bits per heavy atom. The molecule has 11 nitrogen and oxygen atoms in total. The first-order valence-electron chi connectivity index (χ1n) is 11.6. The van der Waals surface area contributed by atoms with Gasteiger partial charge in [0.25, 0.3) is 0 Å². The standard InChI is InChI=1S/C25H32O11/c1-31-17-11-14(6-7-15(17)27)23-19(12-33-25-22(30)20(28)21(29)24(32-2)36-25)34-16-8-5-13(4-3-9-26)10-18(16)35-23/h5-8,10-11,19-30H,3-4,9,12H2,1-2H3. The summed E-state index contributed by atoms with van der Waals surface area (Å²) in [7, 11) is 2.74. The Morgan fingerprint density at radius 2 is 1.67 bits per heavy atom. The molecule has 0 spiro atoms. The maximum Gasteiger partial charge on any atom is 0.189 e. The van der Waals surface area contributed by atoms with E-state index < -0.39 is 43.1 Å². The molecule has 2 heterocycles. The third-order valence-corrected chi connectivity index (χ3v) is 6.22. The molecule has 2 aromatic rings. The van der Waals surface area contributed by atoms with E-state index in [4.69, 9.17) is 33.5 Å². The minimum absolute atomic E-state index is 0.0330. The normalized spacial score (nSPS) is 29.7. The van der Waals surface area contributed by atoms with Crippen LogP contribution in [0, 0.1) is 0 Å². The number of hydrogen-bond donors (Lipinski definition) is 5. The van der Waals surface area contributed by atoms with Gasteiger partial charge in [0.05, 0.1) is 13.7 Å². The number of phenols is 1. The Hall–Kier alpha value is -2.64. The van der Waals surface area contributed by atoms with Gasteiger partial charge >= 0.3 is 0 Å². The Bertz CT molecular complexity index is 1010. The van der Waals surface area contributed by atoms with Crippen molar-refractivity contribution < 1.29 is 54.0 Å². The number of aryl methyl sites for hydroxylation is 1. The topological polar surface area (TPSA) is 157 Å². The van der Waals surface area contributed by atoms with E-state index in [0.717, 1.165) is 5.56 Å². The van der Waals surface area contributed by atoms with Crippen molar-refractivity contribution in [3.63, 3.8) is 0 Å². The lowest BCUT2D eigenvalue weighted by Gasteiger charge is -2.40. The predicted molar refractivity (Wildman–Crippen MR) is 124 cm³/mol. The number of fused-ring (bicyclic) bond motifs is 1. The number of benzene rings is 2. The van der Waals surface area contributed by atoms with Gasteiger partial charge in [-0.2, -0.15) is 0 Å². The van der Waals surface area contributed by atoms with Gasteiger partial charge in [-0.1, -0.05) is 12.1 Å². The maximum absolute atomic E-state index is 10.3. The zero-order valence-corrected chi connectivity index (χ0v) is 20.0. The number of ether oxygens (including phenoxy) is 6. The molecule has 1 saturated heterocycles. The third-order valence-electron chi connectivity index (χ3n) is 6.22. The number of methoxy groups -OCH3 is 2. The van der Waals surface area contributed by atoms with Crippen LogP contribution in [0.2, 0.25) is 0 Å².